The van der Waals surface area contributed by atoms with E-state index < -0.39 is 16.1 Å². The second kappa shape index (κ2) is 5.38. The lowest BCUT2D eigenvalue weighted by Gasteiger charge is -2.15. The summed E-state index contributed by atoms with van der Waals surface area (Å²) in [5.74, 6) is -0.684. The molecule has 1 heterocycles. The molecule has 1 fully saturated rings. The first-order valence-corrected chi connectivity index (χ1v) is 7.29. The van der Waals surface area contributed by atoms with Crippen molar-refractivity contribution in [3.8, 4) is 6.07 Å². The van der Waals surface area contributed by atoms with Gasteiger partial charge in [0.2, 0.25) is 0 Å². The maximum Gasteiger partial charge on any atom is 0.304 e. The molecule has 1 amide bonds. The van der Waals surface area contributed by atoms with Crippen LogP contribution in [0.15, 0.2) is 24.3 Å². The van der Waals surface area contributed by atoms with Crippen LogP contribution in [0.4, 0.5) is 0 Å². The highest BCUT2D eigenvalue weighted by molar-refractivity contribution is 7.87. The van der Waals surface area contributed by atoms with Crippen molar-refractivity contribution in [2.45, 2.75) is 12.8 Å². The fraction of sp³-hybridized carbons (Fsp3) is 0.333. The first-order chi connectivity index (χ1) is 9.03. The summed E-state index contributed by atoms with van der Waals surface area (Å²) < 4.78 is 27.0. The van der Waals surface area contributed by atoms with Crippen molar-refractivity contribution in [2.24, 2.45) is 0 Å². The first-order valence-electron chi connectivity index (χ1n) is 5.85. The number of carbonyl (C=O) groups is 1. The minimum atomic E-state index is -3.75. The standard InChI is InChI=1S/C12H13N3O3S/c13-9-10-3-5-11(6-4-10)12(16)14-19(17,18)15-7-1-2-8-15/h3-6H,1-2,7-8H2,(H,14,16). The summed E-state index contributed by atoms with van der Waals surface area (Å²) in [6.45, 7) is 0.881. The quantitative estimate of drug-likeness (QED) is 0.878. The van der Waals surface area contributed by atoms with Crippen LogP contribution in [-0.2, 0) is 10.2 Å². The average Bonchev–Trinajstić information content (AvgIpc) is 2.93. The lowest BCUT2D eigenvalue weighted by atomic mass is 10.1. The van der Waals surface area contributed by atoms with Crippen LogP contribution in [0.5, 0.6) is 0 Å². The molecule has 100 valence electrons. The van der Waals surface area contributed by atoms with Gasteiger partial charge in [0.15, 0.2) is 0 Å². The molecule has 19 heavy (non-hydrogen) atoms. The zero-order valence-electron chi connectivity index (χ0n) is 10.2. The molecule has 0 unspecified atom stereocenters. The molecule has 7 heteroatoms. The van der Waals surface area contributed by atoms with Gasteiger partial charge < -0.3 is 0 Å². The normalized spacial score (nSPS) is 15.9. The van der Waals surface area contributed by atoms with Crippen molar-refractivity contribution in [2.75, 3.05) is 13.1 Å². The van der Waals surface area contributed by atoms with Crippen molar-refractivity contribution in [1.82, 2.24) is 9.03 Å². The second-order valence-electron chi connectivity index (χ2n) is 4.23. The molecule has 0 atom stereocenters. The van der Waals surface area contributed by atoms with Gasteiger partial charge >= 0.3 is 10.2 Å². The third-order valence-electron chi connectivity index (χ3n) is 2.90. The average molecular weight is 279 g/mol. The van der Waals surface area contributed by atoms with Crippen LogP contribution in [0, 0.1) is 11.3 Å². The van der Waals surface area contributed by atoms with E-state index in [1.807, 2.05) is 10.8 Å². The van der Waals surface area contributed by atoms with Crippen molar-refractivity contribution >= 4 is 16.1 Å². The fourth-order valence-electron chi connectivity index (χ4n) is 1.87. The van der Waals surface area contributed by atoms with E-state index >= 15 is 0 Å². The Morgan fingerprint density at radius 1 is 1.21 bits per heavy atom. The summed E-state index contributed by atoms with van der Waals surface area (Å²) in [6.07, 6.45) is 1.62. The molecule has 1 N–H and O–H groups in total. The number of hydrogen-bond acceptors (Lipinski definition) is 4. The summed E-state index contributed by atoms with van der Waals surface area (Å²) in [7, 11) is -3.75. The van der Waals surface area contributed by atoms with Gasteiger partial charge in [-0.05, 0) is 37.1 Å². The summed E-state index contributed by atoms with van der Waals surface area (Å²) in [4.78, 5) is 11.8. The SMILES string of the molecule is N#Cc1ccc(C(=O)NS(=O)(=O)N2CCCC2)cc1. The number of nitriles is 1. The number of nitrogens with zero attached hydrogens (tertiary/aromatic N) is 2. The molecule has 0 aromatic heterocycles. The van der Waals surface area contributed by atoms with E-state index in [-0.39, 0.29) is 5.56 Å². The Labute approximate surface area is 111 Å². The molecule has 1 saturated heterocycles. The molecule has 0 spiro atoms. The van der Waals surface area contributed by atoms with Crippen LogP contribution >= 0.6 is 0 Å². The predicted octanol–water partition coefficient (Wildman–Crippen LogP) is 0.629. The Morgan fingerprint density at radius 2 is 1.79 bits per heavy atom. The summed E-state index contributed by atoms with van der Waals surface area (Å²) in [5, 5.41) is 8.64. The van der Waals surface area contributed by atoms with E-state index in [0.717, 1.165) is 12.8 Å². The Hall–Kier alpha value is -1.91. The molecule has 1 aliphatic rings. The molecule has 0 bridgehead atoms. The maximum absolute atomic E-state index is 11.9. The maximum atomic E-state index is 11.9. The Bertz CT molecular complexity index is 611. The molecule has 0 saturated carbocycles. The zero-order chi connectivity index (χ0) is 13.9. The van der Waals surface area contributed by atoms with Crippen molar-refractivity contribution in [1.29, 1.82) is 5.26 Å². The molecule has 2 rings (SSSR count). The van der Waals surface area contributed by atoms with E-state index in [0.29, 0.717) is 18.7 Å². The zero-order valence-corrected chi connectivity index (χ0v) is 11.0. The first kappa shape index (κ1) is 13.5. The molecule has 1 aliphatic heterocycles. The molecular formula is C12H13N3O3S. The Balaban J connectivity index is 2.10. The highest BCUT2D eigenvalue weighted by Crippen LogP contribution is 2.12. The van der Waals surface area contributed by atoms with Crippen LogP contribution in [-0.4, -0.2) is 31.7 Å². The van der Waals surface area contributed by atoms with Crippen LogP contribution in [0.25, 0.3) is 0 Å². The summed E-state index contributed by atoms with van der Waals surface area (Å²) in [5.41, 5.74) is 0.626. The molecule has 0 radical (unpaired) electrons. The largest absolute Gasteiger partial charge is 0.304 e. The number of benzene rings is 1. The molecular weight excluding hydrogens is 266 g/mol. The van der Waals surface area contributed by atoms with Crippen LogP contribution in [0.2, 0.25) is 0 Å². The van der Waals surface area contributed by atoms with E-state index in [9.17, 15) is 13.2 Å². The topological polar surface area (TPSA) is 90.3 Å². The van der Waals surface area contributed by atoms with Gasteiger partial charge in [0, 0.05) is 18.7 Å². The monoisotopic (exact) mass is 279 g/mol. The molecule has 1 aromatic rings. The summed E-state index contributed by atoms with van der Waals surface area (Å²) >= 11 is 0. The highest BCUT2D eigenvalue weighted by Gasteiger charge is 2.27. The fourth-order valence-corrected chi connectivity index (χ4v) is 3.09. The summed E-state index contributed by atoms with van der Waals surface area (Å²) in [6, 6.07) is 7.72. The number of amides is 1. The van der Waals surface area contributed by atoms with E-state index in [4.69, 9.17) is 5.26 Å². The molecule has 1 aromatic carbocycles. The third-order valence-corrected chi connectivity index (χ3v) is 4.39. The van der Waals surface area contributed by atoms with Crippen LogP contribution < -0.4 is 4.72 Å². The van der Waals surface area contributed by atoms with E-state index in [1.54, 1.807) is 0 Å². The van der Waals surface area contributed by atoms with Crippen molar-refractivity contribution < 1.29 is 13.2 Å². The predicted molar refractivity (Wildman–Crippen MR) is 68.4 cm³/mol. The van der Waals surface area contributed by atoms with Crippen molar-refractivity contribution in [3.63, 3.8) is 0 Å². The van der Waals surface area contributed by atoms with Crippen LogP contribution in [0.3, 0.4) is 0 Å². The smallest absolute Gasteiger partial charge is 0.268 e. The van der Waals surface area contributed by atoms with Gasteiger partial charge in [0.1, 0.15) is 0 Å². The van der Waals surface area contributed by atoms with E-state index in [1.165, 1.54) is 28.6 Å². The lowest BCUT2D eigenvalue weighted by molar-refractivity contribution is 0.0979. The van der Waals surface area contributed by atoms with E-state index in [2.05, 4.69) is 0 Å². The lowest BCUT2D eigenvalue weighted by Crippen LogP contribution is -2.42. The third kappa shape index (κ3) is 3.10. The van der Waals surface area contributed by atoms with Gasteiger partial charge in [-0.15, -0.1) is 0 Å². The Morgan fingerprint density at radius 3 is 2.32 bits per heavy atom. The number of rotatable bonds is 3. The van der Waals surface area contributed by atoms with Gasteiger partial charge in [-0.25, -0.2) is 4.72 Å². The van der Waals surface area contributed by atoms with Crippen LogP contribution in [0.1, 0.15) is 28.8 Å². The van der Waals surface area contributed by atoms with Gasteiger partial charge in [0.05, 0.1) is 11.6 Å². The Kier molecular flexibility index (Phi) is 3.83. The van der Waals surface area contributed by atoms with Crippen molar-refractivity contribution in [3.05, 3.63) is 35.4 Å². The van der Waals surface area contributed by atoms with Gasteiger partial charge in [0.25, 0.3) is 5.91 Å². The minimum absolute atomic E-state index is 0.210. The number of nitrogens with one attached hydrogen (secondary N) is 1. The van der Waals surface area contributed by atoms with Gasteiger partial charge in [-0.3, -0.25) is 4.79 Å². The van der Waals surface area contributed by atoms with Gasteiger partial charge in [-0.1, -0.05) is 0 Å². The van der Waals surface area contributed by atoms with Gasteiger partial charge in [-0.2, -0.15) is 18.0 Å². The minimum Gasteiger partial charge on any atom is -0.268 e. The number of hydrogen-bond donors (Lipinski definition) is 1. The molecule has 0 aliphatic carbocycles. The highest BCUT2D eigenvalue weighted by atomic mass is 32.2. The molecule has 6 nitrogen and oxygen atoms in total. The number of carbonyl (C=O) groups excluding carboxylic acids is 1. The second-order valence-corrected chi connectivity index (χ2v) is 5.90.